The quantitative estimate of drug-likeness (QED) is 0.911. The van der Waals surface area contributed by atoms with E-state index in [1.54, 1.807) is 6.07 Å². The fourth-order valence-electron chi connectivity index (χ4n) is 2.58. The van der Waals surface area contributed by atoms with Crippen molar-refractivity contribution in [2.45, 2.75) is 45.3 Å². The van der Waals surface area contributed by atoms with Crippen molar-refractivity contribution in [1.82, 2.24) is 5.32 Å². The van der Waals surface area contributed by atoms with Crippen LogP contribution < -0.4 is 10.2 Å². The molecule has 22 heavy (non-hydrogen) atoms. The van der Waals surface area contributed by atoms with Gasteiger partial charge in [0.15, 0.2) is 0 Å². The number of alkyl carbamates (subject to hydrolysis) is 1. The highest BCUT2D eigenvalue weighted by Gasteiger charge is 2.24. The van der Waals surface area contributed by atoms with Crippen molar-refractivity contribution in [2.24, 2.45) is 0 Å². The third-order valence-corrected chi connectivity index (χ3v) is 3.48. The number of amides is 1. The van der Waals surface area contributed by atoms with Gasteiger partial charge in [-0.2, -0.15) is 5.26 Å². The maximum atomic E-state index is 11.9. The molecule has 118 valence electrons. The zero-order chi connectivity index (χ0) is 16.2. The van der Waals surface area contributed by atoms with E-state index in [0.29, 0.717) is 5.56 Å². The molecule has 5 nitrogen and oxygen atoms in total. The molecule has 0 bridgehead atoms. The second kappa shape index (κ2) is 6.69. The summed E-state index contributed by atoms with van der Waals surface area (Å²) in [6.45, 7) is 7.23. The van der Waals surface area contributed by atoms with Crippen LogP contribution in [0.3, 0.4) is 0 Å². The maximum absolute atomic E-state index is 11.9. The lowest BCUT2D eigenvalue weighted by atomic mass is 10.0. The second-order valence-corrected chi connectivity index (χ2v) is 6.59. The lowest BCUT2D eigenvalue weighted by Gasteiger charge is -2.35. The molecule has 0 unspecified atom stereocenters. The SMILES string of the molecule is CC(C)(C)OC(=O)N[C@H]1CCCN(c2cccc(C#N)c2)C1. The van der Waals surface area contributed by atoms with Gasteiger partial charge < -0.3 is 15.0 Å². The predicted molar refractivity (Wildman–Crippen MR) is 85.8 cm³/mol. The minimum atomic E-state index is -0.487. The van der Waals surface area contributed by atoms with Crippen LogP contribution in [0.2, 0.25) is 0 Å². The number of nitriles is 1. The van der Waals surface area contributed by atoms with Crippen molar-refractivity contribution in [3.05, 3.63) is 29.8 Å². The Bertz CT molecular complexity index is 572. The van der Waals surface area contributed by atoms with E-state index in [1.807, 2.05) is 39.0 Å². The molecule has 1 amide bonds. The molecule has 1 fully saturated rings. The van der Waals surface area contributed by atoms with Crippen LogP contribution in [-0.4, -0.2) is 30.8 Å². The summed E-state index contributed by atoms with van der Waals surface area (Å²) >= 11 is 0. The topological polar surface area (TPSA) is 65.4 Å². The zero-order valence-electron chi connectivity index (χ0n) is 13.4. The Morgan fingerprint density at radius 2 is 2.23 bits per heavy atom. The van der Waals surface area contributed by atoms with Crippen molar-refractivity contribution in [3.8, 4) is 6.07 Å². The van der Waals surface area contributed by atoms with Gasteiger partial charge in [-0.1, -0.05) is 6.07 Å². The first kappa shape index (κ1) is 16.2. The summed E-state index contributed by atoms with van der Waals surface area (Å²) in [5.41, 5.74) is 1.19. The van der Waals surface area contributed by atoms with E-state index >= 15 is 0 Å². The first-order valence-electron chi connectivity index (χ1n) is 7.62. The number of nitrogens with zero attached hydrogens (tertiary/aromatic N) is 2. The number of piperidine rings is 1. The molecule has 2 rings (SSSR count). The van der Waals surface area contributed by atoms with E-state index in [0.717, 1.165) is 31.6 Å². The summed E-state index contributed by atoms with van der Waals surface area (Å²) < 4.78 is 5.31. The molecule has 1 aliphatic rings. The molecule has 5 heteroatoms. The van der Waals surface area contributed by atoms with Gasteiger partial charge in [0, 0.05) is 24.8 Å². The van der Waals surface area contributed by atoms with E-state index in [4.69, 9.17) is 10.00 Å². The van der Waals surface area contributed by atoms with Gasteiger partial charge >= 0.3 is 6.09 Å². The lowest BCUT2D eigenvalue weighted by Crippen LogP contribution is -2.49. The van der Waals surface area contributed by atoms with Gasteiger partial charge in [0.25, 0.3) is 0 Å². The van der Waals surface area contributed by atoms with Crippen molar-refractivity contribution in [2.75, 3.05) is 18.0 Å². The van der Waals surface area contributed by atoms with Crippen molar-refractivity contribution < 1.29 is 9.53 Å². The monoisotopic (exact) mass is 301 g/mol. The molecule has 1 saturated heterocycles. The number of anilines is 1. The molecule has 1 heterocycles. The number of hydrogen-bond donors (Lipinski definition) is 1. The number of hydrogen-bond acceptors (Lipinski definition) is 4. The minimum Gasteiger partial charge on any atom is -0.444 e. The summed E-state index contributed by atoms with van der Waals surface area (Å²) in [5.74, 6) is 0. The standard InChI is InChI=1S/C17H23N3O2/c1-17(2,3)22-16(21)19-14-7-5-9-20(12-14)15-8-4-6-13(10-15)11-18/h4,6,8,10,14H,5,7,9,12H2,1-3H3,(H,19,21)/t14-/m0/s1. The first-order chi connectivity index (χ1) is 10.4. The van der Waals surface area contributed by atoms with Crippen molar-refractivity contribution in [3.63, 3.8) is 0 Å². The normalized spacial score (nSPS) is 18.5. The summed E-state index contributed by atoms with van der Waals surface area (Å²) in [7, 11) is 0. The molecule has 1 aromatic rings. The van der Waals surface area contributed by atoms with E-state index in [1.165, 1.54) is 0 Å². The van der Waals surface area contributed by atoms with Gasteiger partial charge in [0.2, 0.25) is 0 Å². The highest BCUT2D eigenvalue weighted by molar-refractivity contribution is 5.68. The van der Waals surface area contributed by atoms with Gasteiger partial charge in [-0.3, -0.25) is 0 Å². The Kier molecular flexibility index (Phi) is 4.92. The lowest BCUT2D eigenvalue weighted by molar-refractivity contribution is 0.0500. The summed E-state index contributed by atoms with van der Waals surface area (Å²) in [6, 6.07) is 9.79. The molecule has 0 spiro atoms. The fourth-order valence-corrected chi connectivity index (χ4v) is 2.58. The van der Waals surface area contributed by atoms with Crippen molar-refractivity contribution in [1.29, 1.82) is 5.26 Å². The molecule has 1 aliphatic heterocycles. The van der Waals surface area contributed by atoms with Gasteiger partial charge in [-0.25, -0.2) is 4.79 Å². The number of carbonyl (C=O) groups excluding carboxylic acids is 1. The van der Waals surface area contributed by atoms with Gasteiger partial charge in [-0.15, -0.1) is 0 Å². The summed E-state index contributed by atoms with van der Waals surface area (Å²) in [4.78, 5) is 14.1. The van der Waals surface area contributed by atoms with Crippen LogP contribution in [0, 0.1) is 11.3 Å². The Hall–Kier alpha value is -2.22. The molecule has 1 aromatic carbocycles. The van der Waals surface area contributed by atoms with E-state index in [2.05, 4.69) is 16.3 Å². The van der Waals surface area contributed by atoms with Gasteiger partial charge in [0.1, 0.15) is 5.60 Å². The minimum absolute atomic E-state index is 0.0642. The number of carbonyl (C=O) groups is 1. The van der Waals surface area contributed by atoms with Crippen LogP contribution in [0.5, 0.6) is 0 Å². The Balaban J connectivity index is 1.97. The average molecular weight is 301 g/mol. The smallest absolute Gasteiger partial charge is 0.407 e. The molecule has 0 aliphatic carbocycles. The van der Waals surface area contributed by atoms with Crippen LogP contribution >= 0.6 is 0 Å². The zero-order valence-corrected chi connectivity index (χ0v) is 13.4. The van der Waals surface area contributed by atoms with E-state index < -0.39 is 5.60 Å². The third-order valence-electron chi connectivity index (χ3n) is 3.48. The highest BCUT2D eigenvalue weighted by Crippen LogP contribution is 2.21. The van der Waals surface area contributed by atoms with Crippen LogP contribution in [0.15, 0.2) is 24.3 Å². The van der Waals surface area contributed by atoms with Crippen LogP contribution in [0.1, 0.15) is 39.2 Å². The Labute approximate surface area is 131 Å². The molecule has 0 aromatic heterocycles. The Morgan fingerprint density at radius 3 is 2.91 bits per heavy atom. The van der Waals surface area contributed by atoms with Gasteiger partial charge in [0.05, 0.1) is 11.6 Å². The second-order valence-electron chi connectivity index (χ2n) is 6.59. The third kappa shape index (κ3) is 4.66. The molecule has 1 atom stereocenters. The summed E-state index contributed by atoms with van der Waals surface area (Å²) in [6.07, 6.45) is 1.57. The molecular formula is C17H23N3O2. The molecule has 0 saturated carbocycles. The van der Waals surface area contributed by atoms with Gasteiger partial charge in [-0.05, 0) is 51.8 Å². The van der Waals surface area contributed by atoms with E-state index in [9.17, 15) is 4.79 Å². The van der Waals surface area contributed by atoms with Crippen LogP contribution in [0.25, 0.3) is 0 Å². The largest absolute Gasteiger partial charge is 0.444 e. The number of benzene rings is 1. The van der Waals surface area contributed by atoms with Crippen molar-refractivity contribution >= 4 is 11.8 Å². The predicted octanol–water partition coefficient (Wildman–Crippen LogP) is 3.05. The molecular weight excluding hydrogens is 278 g/mol. The number of rotatable bonds is 2. The van der Waals surface area contributed by atoms with Crippen LogP contribution in [0.4, 0.5) is 10.5 Å². The molecule has 1 N–H and O–H groups in total. The van der Waals surface area contributed by atoms with E-state index in [-0.39, 0.29) is 12.1 Å². The fraction of sp³-hybridized carbons (Fsp3) is 0.529. The molecule has 0 radical (unpaired) electrons. The summed E-state index contributed by atoms with van der Waals surface area (Å²) in [5, 5.41) is 11.9. The Morgan fingerprint density at radius 1 is 1.45 bits per heavy atom. The number of ether oxygens (including phenoxy) is 1. The van der Waals surface area contributed by atoms with Crippen LogP contribution in [-0.2, 0) is 4.74 Å². The number of nitrogens with one attached hydrogen (secondary N) is 1. The highest BCUT2D eigenvalue weighted by atomic mass is 16.6. The first-order valence-corrected chi connectivity index (χ1v) is 7.62. The maximum Gasteiger partial charge on any atom is 0.407 e. The average Bonchev–Trinajstić information content (AvgIpc) is 2.45.